The van der Waals surface area contributed by atoms with Gasteiger partial charge in [-0.2, -0.15) is 0 Å². The van der Waals surface area contributed by atoms with Gasteiger partial charge in [0.1, 0.15) is 5.82 Å². The van der Waals surface area contributed by atoms with E-state index in [9.17, 15) is 9.18 Å². The van der Waals surface area contributed by atoms with Gasteiger partial charge in [-0.15, -0.1) is 0 Å². The number of halogens is 1. The molecule has 21 heavy (non-hydrogen) atoms. The molecule has 4 heteroatoms. The van der Waals surface area contributed by atoms with E-state index in [1.807, 2.05) is 17.0 Å². The van der Waals surface area contributed by atoms with E-state index in [4.69, 9.17) is 0 Å². The fourth-order valence-electron chi connectivity index (χ4n) is 2.47. The van der Waals surface area contributed by atoms with Crippen LogP contribution in [0.4, 0.5) is 4.39 Å². The van der Waals surface area contributed by atoms with Gasteiger partial charge in [0, 0.05) is 31.3 Å². The van der Waals surface area contributed by atoms with E-state index in [0.717, 1.165) is 31.5 Å². The zero-order valence-corrected chi connectivity index (χ0v) is 11.8. The zero-order valence-electron chi connectivity index (χ0n) is 11.8. The van der Waals surface area contributed by atoms with Crippen molar-refractivity contribution in [3.8, 4) is 11.3 Å². The summed E-state index contributed by atoms with van der Waals surface area (Å²) in [6.07, 6.45) is 4.30. The lowest BCUT2D eigenvalue weighted by Crippen LogP contribution is -2.43. The molecule has 0 unspecified atom stereocenters. The number of carbonyl (C=O) groups excluding carboxylic acids is 1. The minimum Gasteiger partial charge on any atom is -0.342 e. The first-order valence-corrected chi connectivity index (χ1v) is 7.21. The molecule has 1 aromatic carbocycles. The molecule has 0 aliphatic carbocycles. The normalized spacial score (nSPS) is 14.1. The first-order chi connectivity index (χ1) is 10.2. The SMILES string of the molecule is O=C1CCN1CCCc1ccc(-c2ccccc2F)nc1. The van der Waals surface area contributed by atoms with Crippen molar-refractivity contribution in [3.63, 3.8) is 0 Å². The number of benzene rings is 1. The molecule has 2 heterocycles. The molecule has 0 radical (unpaired) electrons. The maximum absolute atomic E-state index is 13.7. The van der Waals surface area contributed by atoms with Crippen LogP contribution in [0.3, 0.4) is 0 Å². The summed E-state index contributed by atoms with van der Waals surface area (Å²) in [5.74, 6) is -0.00271. The summed E-state index contributed by atoms with van der Waals surface area (Å²) in [7, 11) is 0. The largest absolute Gasteiger partial charge is 0.342 e. The maximum Gasteiger partial charge on any atom is 0.224 e. The predicted molar refractivity (Wildman–Crippen MR) is 79.1 cm³/mol. The average Bonchev–Trinajstić information content (AvgIpc) is 2.51. The van der Waals surface area contributed by atoms with Gasteiger partial charge in [0.15, 0.2) is 0 Å². The summed E-state index contributed by atoms with van der Waals surface area (Å²) in [6.45, 7) is 1.71. The molecule has 1 saturated heterocycles. The predicted octanol–water partition coefficient (Wildman–Crippen LogP) is 3.05. The molecule has 0 spiro atoms. The molecular formula is C17H17FN2O. The first-order valence-electron chi connectivity index (χ1n) is 7.21. The number of carbonyl (C=O) groups is 1. The van der Waals surface area contributed by atoms with Gasteiger partial charge >= 0.3 is 0 Å². The molecule has 0 N–H and O–H groups in total. The molecule has 108 valence electrons. The van der Waals surface area contributed by atoms with Crippen LogP contribution in [0.2, 0.25) is 0 Å². The summed E-state index contributed by atoms with van der Waals surface area (Å²) in [6, 6.07) is 10.5. The van der Waals surface area contributed by atoms with E-state index in [-0.39, 0.29) is 11.7 Å². The molecule has 0 atom stereocenters. The molecule has 1 amide bonds. The second-order valence-electron chi connectivity index (χ2n) is 5.27. The van der Waals surface area contributed by atoms with Gasteiger partial charge in [-0.25, -0.2) is 4.39 Å². The van der Waals surface area contributed by atoms with Crippen molar-refractivity contribution in [3.05, 3.63) is 54.0 Å². The number of pyridine rings is 1. The Labute approximate surface area is 123 Å². The number of β-lactam (4-membered cyclic amide) rings is 1. The summed E-state index contributed by atoms with van der Waals surface area (Å²) in [5, 5.41) is 0. The lowest BCUT2D eigenvalue weighted by atomic mass is 10.1. The van der Waals surface area contributed by atoms with Gasteiger partial charge in [-0.3, -0.25) is 9.78 Å². The Morgan fingerprint density at radius 2 is 2.05 bits per heavy atom. The lowest BCUT2D eigenvalue weighted by molar-refractivity contribution is -0.139. The average molecular weight is 284 g/mol. The van der Waals surface area contributed by atoms with Crippen molar-refractivity contribution >= 4 is 5.91 Å². The van der Waals surface area contributed by atoms with Gasteiger partial charge in [-0.1, -0.05) is 18.2 Å². The summed E-state index contributed by atoms with van der Waals surface area (Å²) in [5.41, 5.74) is 2.29. The highest BCUT2D eigenvalue weighted by Gasteiger charge is 2.22. The van der Waals surface area contributed by atoms with Crippen molar-refractivity contribution in [2.75, 3.05) is 13.1 Å². The van der Waals surface area contributed by atoms with Crippen molar-refractivity contribution in [1.82, 2.24) is 9.88 Å². The second kappa shape index (κ2) is 6.04. The van der Waals surface area contributed by atoms with E-state index in [0.29, 0.717) is 17.7 Å². The number of nitrogens with zero attached hydrogens (tertiary/aromatic N) is 2. The van der Waals surface area contributed by atoms with Crippen molar-refractivity contribution < 1.29 is 9.18 Å². The van der Waals surface area contributed by atoms with Crippen LogP contribution in [0.25, 0.3) is 11.3 Å². The van der Waals surface area contributed by atoms with Crippen molar-refractivity contribution in [2.45, 2.75) is 19.3 Å². The van der Waals surface area contributed by atoms with Gasteiger partial charge < -0.3 is 4.90 Å². The van der Waals surface area contributed by atoms with Gasteiger partial charge in [0.25, 0.3) is 0 Å². The molecule has 1 aliphatic heterocycles. The fraction of sp³-hybridized carbons (Fsp3) is 0.294. The highest BCUT2D eigenvalue weighted by Crippen LogP contribution is 2.20. The Hall–Kier alpha value is -2.23. The number of aryl methyl sites for hydroxylation is 1. The van der Waals surface area contributed by atoms with Crippen molar-refractivity contribution in [1.29, 1.82) is 0 Å². The molecule has 3 nitrogen and oxygen atoms in total. The van der Waals surface area contributed by atoms with Crippen LogP contribution in [0.15, 0.2) is 42.6 Å². The highest BCUT2D eigenvalue weighted by atomic mass is 19.1. The van der Waals surface area contributed by atoms with E-state index < -0.39 is 0 Å². The Morgan fingerprint density at radius 3 is 2.67 bits per heavy atom. The molecule has 3 rings (SSSR count). The molecule has 1 aromatic heterocycles. The highest BCUT2D eigenvalue weighted by molar-refractivity contribution is 5.81. The van der Waals surface area contributed by atoms with Crippen LogP contribution in [-0.4, -0.2) is 28.9 Å². The van der Waals surface area contributed by atoms with Gasteiger partial charge in [0.05, 0.1) is 5.69 Å². The third-order valence-electron chi connectivity index (χ3n) is 3.82. The topological polar surface area (TPSA) is 33.2 Å². The monoisotopic (exact) mass is 284 g/mol. The van der Waals surface area contributed by atoms with Crippen LogP contribution in [0.1, 0.15) is 18.4 Å². The van der Waals surface area contributed by atoms with Crippen molar-refractivity contribution in [2.24, 2.45) is 0 Å². The number of aromatic nitrogens is 1. The van der Waals surface area contributed by atoms with Crippen LogP contribution >= 0.6 is 0 Å². The summed E-state index contributed by atoms with van der Waals surface area (Å²) in [4.78, 5) is 17.4. The maximum atomic E-state index is 13.7. The Bertz CT molecular complexity index is 639. The van der Waals surface area contributed by atoms with Crippen LogP contribution in [0, 0.1) is 5.82 Å². The standard InChI is InChI=1S/C17H17FN2O/c18-15-6-2-1-5-14(15)16-8-7-13(12-19-16)4-3-10-20-11-9-17(20)21/h1-2,5-8,12H,3-4,9-11H2. The minimum absolute atomic E-state index is 0.253. The molecule has 0 bridgehead atoms. The zero-order chi connectivity index (χ0) is 14.7. The van der Waals surface area contributed by atoms with E-state index >= 15 is 0 Å². The number of likely N-dealkylation sites (tertiary alicyclic amines) is 1. The third kappa shape index (κ3) is 3.10. The molecule has 1 aliphatic rings. The quantitative estimate of drug-likeness (QED) is 0.791. The Balaban J connectivity index is 1.59. The van der Waals surface area contributed by atoms with Gasteiger partial charge in [0.2, 0.25) is 5.91 Å². The van der Waals surface area contributed by atoms with Crippen LogP contribution in [0.5, 0.6) is 0 Å². The Morgan fingerprint density at radius 1 is 1.19 bits per heavy atom. The number of amides is 1. The van der Waals surface area contributed by atoms with E-state index in [2.05, 4.69) is 4.98 Å². The Kier molecular flexibility index (Phi) is 3.95. The first kappa shape index (κ1) is 13.7. The van der Waals surface area contributed by atoms with Crippen LogP contribution < -0.4 is 0 Å². The molecule has 0 saturated carbocycles. The third-order valence-corrected chi connectivity index (χ3v) is 3.82. The summed E-state index contributed by atoms with van der Waals surface area (Å²) >= 11 is 0. The molecular weight excluding hydrogens is 267 g/mol. The molecule has 1 fully saturated rings. The van der Waals surface area contributed by atoms with E-state index in [1.54, 1.807) is 24.4 Å². The number of hydrogen-bond donors (Lipinski definition) is 0. The van der Waals surface area contributed by atoms with E-state index in [1.165, 1.54) is 6.07 Å². The fourth-order valence-corrected chi connectivity index (χ4v) is 2.47. The molecule has 2 aromatic rings. The lowest BCUT2D eigenvalue weighted by Gasteiger charge is -2.30. The smallest absolute Gasteiger partial charge is 0.224 e. The number of hydrogen-bond acceptors (Lipinski definition) is 2. The minimum atomic E-state index is -0.256. The van der Waals surface area contributed by atoms with Gasteiger partial charge in [-0.05, 0) is 36.6 Å². The summed E-state index contributed by atoms with van der Waals surface area (Å²) < 4.78 is 13.7. The van der Waals surface area contributed by atoms with Crippen LogP contribution in [-0.2, 0) is 11.2 Å². The number of rotatable bonds is 5. The second-order valence-corrected chi connectivity index (χ2v) is 5.27.